The van der Waals surface area contributed by atoms with E-state index in [0.717, 1.165) is 30.9 Å². The van der Waals surface area contributed by atoms with Gasteiger partial charge in [0.1, 0.15) is 0 Å². The van der Waals surface area contributed by atoms with Crippen LogP contribution >= 0.6 is 0 Å². The minimum absolute atomic E-state index is 0.0830. The van der Waals surface area contributed by atoms with Gasteiger partial charge in [-0.2, -0.15) is 0 Å². The summed E-state index contributed by atoms with van der Waals surface area (Å²) in [6.07, 6.45) is 5.82. The Labute approximate surface area is 137 Å². The lowest BCUT2D eigenvalue weighted by atomic mass is 10.2. The number of aromatic nitrogens is 1. The lowest BCUT2D eigenvalue weighted by Crippen LogP contribution is -2.32. The number of benzene rings is 1. The summed E-state index contributed by atoms with van der Waals surface area (Å²) >= 11 is 0. The molecule has 2 aromatic rings. The lowest BCUT2D eigenvalue weighted by molar-refractivity contribution is -0.116. The van der Waals surface area contributed by atoms with Crippen LogP contribution < -0.4 is 5.32 Å². The summed E-state index contributed by atoms with van der Waals surface area (Å²) in [6.45, 7) is 1.79. The molecule has 4 nitrogen and oxygen atoms in total. The second kappa shape index (κ2) is 7.88. The lowest BCUT2D eigenvalue weighted by Gasteiger charge is -2.21. The highest BCUT2D eigenvalue weighted by atomic mass is 16.1. The van der Waals surface area contributed by atoms with Gasteiger partial charge < -0.3 is 5.32 Å². The Hall–Kier alpha value is -2.20. The Kier molecular flexibility index (Phi) is 5.37. The quantitative estimate of drug-likeness (QED) is 0.815. The predicted octanol–water partition coefficient (Wildman–Crippen LogP) is 3.12. The molecule has 23 heavy (non-hydrogen) atoms. The minimum Gasteiger partial charge on any atom is -0.326 e. The molecule has 0 atom stereocenters. The molecule has 1 N–H and O–H groups in total. The molecule has 1 aliphatic carbocycles. The van der Waals surface area contributed by atoms with E-state index >= 15 is 0 Å². The number of para-hydroxylation sites is 1. The first kappa shape index (κ1) is 15.7. The number of pyridine rings is 1. The van der Waals surface area contributed by atoms with Crippen LogP contribution in [0.2, 0.25) is 0 Å². The first-order valence-electron chi connectivity index (χ1n) is 8.30. The van der Waals surface area contributed by atoms with E-state index in [1.807, 2.05) is 48.7 Å². The molecule has 1 aromatic carbocycles. The van der Waals surface area contributed by atoms with Crippen LogP contribution in [-0.4, -0.2) is 34.9 Å². The molecule has 1 heterocycles. The molecule has 0 spiro atoms. The van der Waals surface area contributed by atoms with Crippen LogP contribution in [0.4, 0.5) is 5.69 Å². The van der Waals surface area contributed by atoms with Crippen LogP contribution in [0.15, 0.2) is 54.7 Å². The number of rotatable bonds is 8. The maximum Gasteiger partial charge on any atom is 0.225 e. The molecule has 0 unspecified atom stereocenters. The highest BCUT2D eigenvalue weighted by Gasteiger charge is 2.28. The number of hydrogen-bond acceptors (Lipinski definition) is 3. The minimum atomic E-state index is 0.0830. The second-order valence-corrected chi connectivity index (χ2v) is 6.00. The number of carbonyl (C=O) groups is 1. The van der Waals surface area contributed by atoms with E-state index in [2.05, 4.69) is 21.3 Å². The number of anilines is 1. The van der Waals surface area contributed by atoms with Crippen molar-refractivity contribution in [3.8, 4) is 0 Å². The average Bonchev–Trinajstić information content (AvgIpc) is 3.42. The highest BCUT2D eigenvalue weighted by molar-refractivity contribution is 5.90. The number of hydrogen-bond donors (Lipinski definition) is 1. The molecule has 0 saturated heterocycles. The van der Waals surface area contributed by atoms with E-state index < -0.39 is 0 Å². The molecule has 0 bridgehead atoms. The van der Waals surface area contributed by atoms with Gasteiger partial charge in [0.2, 0.25) is 5.91 Å². The van der Waals surface area contributed by atoms with Gasteiger partial charge in [-0.1, -0.05) is 24.3 Å². The van der Waals surface area contributed by atoms with Gasteiger partial charge in [0.25, 0.3) is 0 Å². The largest absolute Gasteiger partial charge is 0.326 e. The van der Waals surface area contributed by atoms with Gasteiger partial charge in [-0.3, -0.25) is 14.7 Å². The first-order chi connectivity index (χ1) is 11.3. The van der Waals surface area contributed by atoms with Gasteiger partial charge >= 0.3 is 0 Å². The van der Waals surface area contributed by atoms with Crippen molar-refractivity contribution in [2.75, 3.05) is 18.4 Å². The third kappa shape index (κ3) is 5.18. The summed E-state index contributed by atoms with van der Waals surface area (Å²) in [4.78, 5) is 18.9. The predicted molar refractivity (Wildman–Crippen MR) is 92.2 cm³/mol. The maximum absolute atomic E-state index is 12.1. The first-order valence-corrected chi connectivity index (χ1v) is 8.30. The van der Waals surface area contributed by atoms with Crippen molar-refractivity contribution >= 4 is 11.6 Å². The zero-order valence-electron chi connectivity index (χ0n) is 13.3. The van der Waals surface area contributed by atoms with Crippen molar-refractivity contribution < 1.29 is 4.79 Å². The van der Waals surface area contributed by atoms with E-state index in [1.165, 1.54) is 12.8 Å². The molecule has 1 aromatic heterocycles. The fraction of sp³-hybridized carbons (Fsp3) is 0.368. The molecular weight excluding hydrogens is 286 g/mol. The SMILES string of the molecule is O=C(CCN(CCc1ccccn1)C1CC1)Nc1ccccc1. The fourth-order valence-electron chi connectivity index (χ4n) is 2.71. The van der Waals surface area contributed by atoms with Gasteiger partial charge in [0, 0.05) is 49.6 Å². The number of nitrogens with one attached hydrogen (secondary N) is 1. The van der Waals surface area contributed by atoms with Crippen molar-refractivity contribution in [3.63, 3.8) is 0 Å². The van der Waals surface area contributed by atoms with E-state index in [1.54, 1.807) is 0 Å². The number of carbonyl (C=O) groups excluding carboxylic acids is 1. The van der Waals surface area contributed by atoms with Crippen LogP contribution in [-0.2, 0) is 11.2 Å². The summed E-state index contributed by atoms with van der Waals surface area (Å²) in [6, 6.07) is 16.3. The van der Waals surface area contributed by atoms with Gasteiger partial charge in [-0.25, -0.2) is 0 Å². The molecule has 0 radical (unpaired) electrons. The van der Waals surface area contributed by atoms with Gasteiger partial charge in [-0.05, 0) is 37.1 Å². The van der Waals surface area contributed by atoms with E-state index in [9.17, 15) is 4.79 Å². The molecular formula is C19H23N3O. The van der Waals surface area contributed by atoms with Crippen molar-refractivity contribution in [2.45, 2.75) is 31.7 Å². The third-order valence-corrected chi connectivity index (χ3v) is 4.13. The standard InChI is InChI=1S/C19H23N3O/c23-19(21-17-7-2-1-3-8-17)12-15-22(18-9-10-18)14-11-16-6-4-5-13-20-16/h1-8,13,18H,9-12,14-15H2,(H,21,23). The molecule has 1 aliphatic rings. The third-order valence-electron chi connectivity index (χ3n) is 4.13. The molecule has 4 heteroatoms. The Morgan fingerprint density at radius 3 is 2.57 bits per heavy atom. The Bertz CT molecular complexity index is 611. The van der Waals surface area contributed by atoms with Crippen molar-refractivity contribution in [1.29, 1.82) is 0 Å². The van der Waals surface area contributed by atoms with E-state index in [0.29, 0.717) is 12.5 Å². The molecule has 1 saturated carbocycles. The average molecular weight is 309 g/mol. The Balaban J connectivity index is 1.45. The Morgan fingerprint density at radius 2 is 1.87 bits per heavy atom. The summed E-state index contributed by atoms with van der Waals surface area (Å²) in [5, 5.41) is 2.95. The van der Waals surface area contributed by atoms with E-state index in [4.69, 9.17) is 0 Å². The number of nitrogens with zero attached hydrogens (tertiary/aromatic N) is 2. The smallest absolute Gasteiger partial charge is 0.225 e. The second-order valence-electron chi connectivity index (χ2n) is 6.00. The van der Waals surface area contributed by atoms with Crippen molar-refractivity contribution in [2.24, 2.45) is 0 Å². The topological polar surface area (TPSA) is 45.2 Å². The zero-order valence-corrected chi connectivity index (χ0v) is 13.3. The number of amides is 1. The van der Waals surface area contributed by atoms with Gasteiger partial charge in [0.05, 0.1) is 0 Å². The van der Waals surface area contributed by atoms with Crippen LogP contribution in [0.1, 0.15) is 25.0 Å². The summed E-state index contributed by atoms with van der Waals surface area (Å²) in [7, 11) is 0. The van der Waals surface area contributed by atoms with Crippen LogP contribution in [0, 0.1) is 0 Å². The van der Waals surface area contributed by atoms with Gasteiger partial charge in [0.15, 0.2) is 0 Å². The Morgan fingerprint density at radius 1 is 1.09 bits per heavy atom. The summed E-state index contributed by atoms with van der Waals surface area (Å²) < 4.78 is 0. The maximum atomic E-state index is 12.1. The molecule has 1 fully saturated rings. The van der Waals surface area contributed by atoms with Crippen LogP contribution in [0.25, 0.3) is 0 Å². The molecule has 0 aliphatic heterocycles. The van der Waals surface area contributed by atoms with Crippen molar-refractivity contribution in [1.82, 2.24) is 9.88 Å². The van der Waals surface area contributed by atoms with Gasteiger partial charge in [-0.15, -0.1) is 0 Å². The molecule has 3 rings (SSSR count). The summed E-state index contributed by atoms with van der Waals surface area (Å²) in [5.74, 6) is 0.0830. The molecule has 120 valence electrons. The highest BCUT2D eigenvalue weighted by Crippen LogP contribution is 2.27. The van der Waals surface area contributed by atoms with Crippen molar-refractivity contribution in [3.05, 3.63) is 60.4 Å². The monoisotopic (exact) mass is 309 g/mol. The zero-order chi connectivity index (χ0) is 15.9. The van der Waals surface area contributed by atoms with E-state index in [-0.39, 0.29) is 5.91 Å². The van der Waals surface area contributed by atoms with Crippen LogP contribution in [0.5, 0.6) is 0 Å². The molecule has 1 amide bonds. The normalized spacial score (nSPS) is 14.0. The fourth-order valence-corrected chi connectivity index (χ4v) is 2.71. The summed E-state index contributed by atoms with van der Waals surface area (Å²) in [5.41, 5.74) is 1.98. The van der Waals surface area contributed by atoms with Crippen LogP contribution in [0.3, 0.4) is 0 Å².